The summed E-state index contributed by atoms with van der Waals surface area (Å²) in [6.45, 7) is 12.0. The minimum atomic E-state index is -0.523. The lowest BCUT2D eigenvalue weighted by Gasteiger charge is -2.65. The lowest BCUT2D eigenvalue weighted by molar-refractivity contribution is -0.215. The Labute approximate surface area is 236 Å². The SMILES string of the molecule is CCOC(=O)CC[C@H](C)[C@H]1CCC2C3C(C[C@H](OC(C)=O)[C@@]21C)[C@@]1(C)CC[C@@H](OC(C)=O)C[C@H]1[C@@H](Br)[C@H]3O. The summed E-state index contributed by atoms with van der Waals surface area (Å²) in [6, 6.07) is 0. The molecule has 216 valence electrons. The van der Waals surface area contributed by atoms with E-state index in [0.29, 0.717) is 18.9 Å². The summed E-state index contributed by atoms with van der Waals surface area (Å²) in [4.78, 5) is 36.1. The van der Waals surface area contributed by atoms with Crippen molar-refractivity contribution in [3.05, 3.63) is 0 Å². The van der Waals surface area contributed by atoms with E-state index in [-0.39, 0.29) is 75.4 Å². The summed E-state index contributed by atoms with van der Waals surface area (Å²) in [5, 5.41) is 11.9. The molecule has 0 bridgehead atoms. The van der Waals surface area contributed by atoms with E-state index < -0.39 is 6.10 Å². The van der Waals surface area contributed by atoms with E-state index in [1.54, 1.807) is 0 Å². The van der Waals surface area contributed by atoms with Gasteiger partial charge in [-0.05, 0) is 92.8 Å². The van der Waals surface area contributed by atoms with Crippen molar-refractivity contribution < 1.29 is 33.7 Å². The molecule has 0 aromatic heterocycles. The number of halogens is 1. The van der Waals surface area contributed by atoms with Crippen molar-refractivity contribution in [1.29, 1.82) is 0 Å². The zero-order chi connectivity index (χ0) is 28.0. The lowest BCUT2D eigenvalue weighted by atomic mass is 9.43. The van der Waals surface area contributed by atoms with Gasteiger partial charge in [-0.2, -0.15) is 0 Å². The van der Waals surface area contributed by atoms with Gasteiger partial charge < -0.3 is 19.3 Å². The molecule has 0 aliphatic heterocycles. The fourth-order valence-electron chi connectivity index (χ4n) is 9.57. The van der Waals surface area contributed by atoms with E-state index in [1.165, 1.54) is 13.8 Å². The molecule has 0 radical (unpaired) electrons. The number of carbonyl (C=O) groups excluding carboxylic acids is 3. The second-order valence-electron chi connectivity index (χ2n) is 13.0. The van der Waals surface area contributed by atoms with Crippen LogP contribution < -0.4 is 0 Å². The van der Waals surface area contributed by atoms with E-state index in [9.17, 15) is 19.5 Å². The molecule has 8 heteroatoms. The predicted molar refractivity (Wildman–Crippen MR) is 146 cm³/mol. The van der Waals surface area contributed by atoms with Gasteiger partial charge in [0.15, 0.2) is 0 Å². The van der Waals surface area contributed by atoms with Crippen LogP contribution in [0.1, 0.15) is 92.9 Å². The number of aliphatic hydroxyl groups is 1. The molecule has 0 amide bonds. The highest BCUT2D eigenvalue weighted by Crippen LogP contribution is 2.69. The second-order valence-corrected chi connectivity index (χ2v) is 14.1. The van der Waals surface area contributed by atoms with Gasteiger partial charge in [0.1, 0.15) is 12.2 Å². The largest absolute Gasteiger partial charge is 0.466 e. The third-order valence-electron chi connectivity index (χ3n) is 11.2. The van der Waals surface area contributed by atoms with Crippen LogP contribution in [0.25, 0.3) is 0 Å². The molecule has 1 N–H and O–H groups in total. The van der Waals surface area contributed by atoms with Gasteiger partial charge in [-0.25, -0.2) is 0 Å². The van der Waals surface area contributed by atoms with Gasteiger partial charge in [-0.15, -0.1) is 0 Å². The van der Waals surface area contributed by atoms with Gasteiger partial charge in [0.2, 0.25) is 0 Å². The summed E-state index contributed by atoms with van der Waals surface area (Å²) < 4.78 is 17.0. The zero-order valence-electron chi connectivity index (χ0n) is 23.9. The van der Waals surface area contributed by atoms with Crippen LogP contribution >= 0.6 is 15.9 Å². The molecule has 0 spiro atoms. The molecule has 4 aliphatic carbocycles. The van der Waals surface area contributed by atoms with Crippen molar-refractivity contribution in [2.45, 2.75) is 116 Å². The molecular formula is C30H47BrO7. The maximum Gasteiger partial charge on any atom is 0.305 e. The smallest absolute Gasteiger partial charge is 0.305 e. The fraction of sp³-hybridized carbons (Fsp3) is 0.900. The van der Waals surface area contributed by atoms with Crippen LogP contribution in [0, 0.1) is 46.3 Å². The third-order valence-corrected chi connectivity index (χ3v) is 12.4. The summed E-state index contributed by atoms with van der Waals surface area (Å²) in [6.07, 6.45) is 5.46. The van der Waals surface area contributed by atoms with Crippen LogP contribution in [-0.4, -0.2) is 52.8 Å². The molecule has 0 saturated heterocycles. The molecule has 3 unspecified atom stereocenters. The molecule has 7 nitrogen and oxygen atoms in total. The first-order chi connectivity index (χ1) is 17.8. The standard InChI is InChI=1S/C30H47BrO7/c1-7-36-25(34)11-8-16(2)20-9-10-21-26-22(15-24(30(20,21)6)38-18(4)33)29(5)13-12-19(37-17(3)32)14-23(29)27(31)28(26)35/h16,19-24,26-28,35H,7-15H2,1-6H3/t16-,19+,20+,21?,22?,23-,24-,26?,27+,28-,29+,30+/m0/s1. The summed E-state index contributed by atoms with van der Waals surface area (Å²) >= 11 is 3.93. The fourth-order valence-corrected chi connectivity index (χ4v) is 10.7. The predicted octanol–water partition coefficient (Wildman–Crippen LogP) is 5.44. The van der Waals surface area contributed by atoms with Crippen LogP contribution in [0.2, 0.25) is 0 Å². The quantitative estimate of drug-likeness (QED) is 0.236. The van der Waals surface area contributed by atoms with Crippen molar-refractivity contribution in [2.75, 3.05) is 6.61 Å². The van der Waals surface area contributed by atoms with Crippen molar-refractivity contribution in [3.63, 3.8) is 0 Å². The van der Waals surface area contributed by atoms with Gasteiger partial charge >= 0.3 is 17.9 Å². The third kappa shape index (κ3) is 5.17. The normalized spacial score (nSPS) is 44.7. The summed E-state index contributed by atoms with van der Waals surface area (Å²) in [5.41, 5.74) is -0.325. The molecule has 4 aliphatic rings. The zero-order valence-corrected chi connectivity index (χ0v) is 25.5. The maximum atomic E-state index is 12.4. The number of aliphatic hydroxyl groups excluding tert-OH is 1. The van der Waals surface area contributed by atoms with Crippen LogP contribution in [0.4, 0.5) is 0 Å². The van der Waals surface area contributed by atoms with E-state index in [2.05, 4.69) is 36.7 Å². The Morgan fingerprint density at radius 2 is 1.68 bits per heavy atom. The number of hydrogen-bond acceptors (Lipinski definition) is 7. The van der Waals surface area contributed by atoms with Crippen molar-refractivity contribution >= 4 is 33.8 Å². The van der Waals surface area contributed by atoms with Crippen LogP contribution in [0.3, 0.4) is 0 Å². The lowest BCUT2D eigenvalue weighted by Crippen LogP contribution is -2.66. The number of alkyl halides is 1. The topological polar surface area (TPSA) is 99.1 Å². The van der Waals surface area contributed by atoms with Crippen LogP contribution in [0.15, 0.2) is 0 Å². The number of fused-ring (bicyclic) bond motifs is 5. The Bertz CT molecular complexity index is 909. The first-order valence-electron chi connectivity index (χ1n) is 14.7. The number of esters is 3. The highest BCUT2D eigenvalue weighted by molar-refractivity contribution is 9.09. The Morgan fingerprint density at radius 1 is 1.00 bits per heavy atom. The Morgan fingerprint density at radius 3 is 2.32 bits per heavy atom. The van der Waals surface area contributed by atoms with Crippen molar-refractivity contribution in [2.24, 2.45) is 46.3 Å². The van der Waals surface area contributed by atoms with Gasteiger partial charge in [-0.1, -0.05) is 36.7 Å². The Balaban J connectivity index is 1.64. The molecular weight excluding hydrogens is 552 g/mol. The number of hydrogen-bond donors (Lipinski definition) is 1. The molecule has 4 rings (SSSR count). The van der Waals surface area contributed by atoms with Gasteiger partial charge in [0, 0.05) is 30.5 Å². The van der Waals surface area contributed by atoms with Crippen LogP contribution in [0.5, 0.6) is 0 Å². The van der Waals surface area contributed by atoms with E-state index in [4.69, 9.17) is 14.2 Å². The van der Waals surface area contributed by atoms with Gasteiger partial charge in [-0.3, -0.25) is 14.4 Å². The van der Waals surface area contributed by atoms with Gasteiger partial charge in [0.05, 0.1) is 12.7 Å². The highest BCUT2D eigenvalue weighted by Gasteiger charge is 2.68. The van der Waals surface area contributed by atoms with E-state index in [0.717, 1.165) is 44.9 Å². The molecule has 4 fully saturated rings. The number of rotatable bonds is 7. The monoisotopic (exact) mass is 598 g/mol. The molecule has 4 saturated carbocycles. The maximum absolute atomic E-state index is 12.4. The average Bonchev–Trinajstić information content (AvgIpc) is 3.20. The van der Waals surface area contributed by atoms with E-state index >= 15 is 0 Å². The Hall–Kier alpha value is -1.15. The van der Waals surface area contributed by atoms with Gasteiger partial charge in [0.25, 0.3) is 0 Å². The second kappa shape index (κ2) is 11.4. The van der Waals surface area contributed by atoms with Crippen molar-refractivity contribution in [1.82, 2.24) is 0 Å². The number of carbonyl (C=O) groups is 3. The average molecular weight is 600 g/mol. The van der Waals surface area contributed by atoms with Crippen molar-refractivity contribution in [3.8, 4) is 0 Å². The van der Waals surface area contributed by atoms with E-state index in [1.807, 2.05) is 6.92 Å². The Kier molecular flexibility index (Phi) is 8.93. The minimum Gasteiger partial charge on any atom is -0.466 e. The molecule has 0 heterocycles. The minimum absolute atomic E-state index is 0.0535. The highest BCUT2D eigenvalue weighted by atomic mass is 79.9. The number of ether oxygens (including phenoxy) is 3. The molecule has 0 aromatic rings. The first kappa shape index (κ1) is 29.8. The summed E-state index contributed by atoms with van der Waals surface area (Å²) in [5.74, 6) is 0.595. The molecule has 12 atom stereocenters. The molecule has 0 aromatic carbocycles. The molecule has 38 heavy (non-hydrogen) atoms. The summed E-state index contributed by atoms with van der Waals surface area (Å²) in [7, 11) is 0. The first-order valence-corrected chi connectivity index (χ1v) is 15.6. The van der Waals surface area contributed by atoms with Crippen LogP contribution in [-0.2, 0) is 28.6 Å².